The van der Waals surface area contributed by atoms with Gasteiger partial charge >= 0.3 is 36.0 Å². The van der Waals surface area contributed by atoms with Crippen molar-refractivity contribution in [1.29, 1.82) is 0 Å². The lowest BCUT2D eigenvalue weighted by atomic mass is 9.98. The van der Waals surface area contributed by atoms with E-state index in [4.69, 9.17) is 33.2 Å². The number of hydrogen-bond acceptors (Lipinski definition) is 12. The van der Waals surface area contributed by atoms with E-state index in [0.29, 0.717) is 0 Å². The Kier molecular flexibility index (Phi) is 12.2. The third-order valence-corrected chi connectivity index (χ3v) is 7.25. The molecule has 1 saturated heterocycles. The van der Waals surface area contributed by atoms with Crippen LogP contribution in [0.4, 0.5) is 22.0 Å². The predicted molar refractivity (Wildman–Crippen MR) is 161 cm³/mol. The Balaban J connectivity index is 1.80. The van der Waals surface area contributed by atoms with Crippen LogP contribution in [0.15, 0.2) is 54.6 Å². The number of carbonyl (C=O) groups is 4. The molecule has 0 bridgehead atoms. The van der Waals surface area contributed by atoms with Crippen molar-refractivity contribution in [2.24, 2.45) is 0 Å². The van der Waals surface area contributed by atoms with E-state index < -0.39 is 96.8 Å². The first-order valence-electron chi connectivity index (χ1n) is 15.2. The van der Waals surface area contributed by atoms with E-state index in [1.54, 1.807) is 41.5 Å². The molecule has 0 amide bonds. The van der Waals surface area contributed by atoms with Crippen LogP contribution in [0.3, 0.4) is 0 Å². The summed E-state index contributed by atoms with van der Waals surface area (Å²) in [7, 11) is 0. The maximum atomic E-state index is 15.0. The first kappa shape index (κ1) is 38.5. The standard InChI is InChI=1S/C33H33F5N2O11/c1-17(41)45-16-25-26(47-18(2)42)27(48-19(3)43)28(49-20(4)44)31(50-25)51-30-23(29(39-40-30)32(34,35)33(36,37)38)14-22-12-8-9-13-24(22)46-15-21-10-6-5-7-11-21/h5-13,25-28,31H,14-16H2,1-4H3,(H,39,40)/t25-,26-,27+,28-,31+/m1/s1. The molecule has 276 valence electrons. The minimum atomic E-state index is -6.08. The van der Waals surface area contributed by atoms with Gasteiger partial charge in [0.1, 0.15) is 30.8 Å². The Bertz CT molecular complexity index is 1700. The molecule has 51 heavy (non-hydrogen) atoms. The van der Waals surface area contributed by atoms with E-state index in [9.17, 15) is 32.3 Å². The summed E-state index contributed by atoms with van der Waals surface area (Å²) in [5, 5.41) is 5.33. The predicted octanol–water partition coefficient (Wildman–Crippen LogP) is 4.70. The molecule has 4 rings (SSSR count). The Morgan fingerprint density at radius 2 is 1.37 bits per heavy atom. The minimum absolute atomic E-state index is 0.0307. The van der Waals surface area contributed by atoms with Crippen molar-refractivity contribution in [2.75, 3.05) is 6.61 Å². The van der Waals surface area contributed by atoms with Gasteiger partial charge in [0, 0.05) is 39.7 Å². The van der Waals surface area contributed by atoms with Crippen molar-refractivity contribution >= 4 is 23.9 Å². The number of H-pyrrole nitrogens is 1. The first-order valence-corrected chi connectivity index (χ1v) is 15.2. The lowest BCUT2D eigenvalue weighted by molar-refractivity contribution is -0.291. The van der Waals surface area contributed by atoms with Crippen molar-refractivity contribution < 1.29 is 74.3 Å². The normalized spacial score (nSPS) is 20.5. The Morgan fingerprint density at radius 1 is 0.784 bits per heavy atom. The number of para-hydroxylation sites is 1. The molecular formula is C33H33F5N2O11. The zero-order chi connectivity index (χ0) is 37.5. The Labute approximate surface area is 287 Å². The maximum absolute atomic E-state index is 15.0. The summed E-state index contributed by atoms with van der Waals surface area (Å²) in [6.07, 6.45) is -15.4. The van der Waals surface area contributed by atoms with E-state index in [1.165, 1.54) is 18.2 Å². The largest absolute Gasteiger partial charge is 0.489 e. The molecule has 2 heterocycles. The molecule has 1 aliphatic rings. The highest BCUT2D eigenvalue weighted by Gasteiger charge is 2.61. The number of hydrogen-bond donors (Lipinski definition) is 1. The summed E-state index contributed by atoms with van der Waals surface area (Å²) < 4.78 is 110. The van der Waals surface area contributed by atoms with E-state index in [2.05, 4.69) is 5.10 Å². The van der Waals surface area contributed by atoms with Crippen LogP contribution in [0.2, 0.25) is 0 Å². The van der Waals surface area contributed by atoms with Crippen LogP contribution in [-0.2, 0) is 61.8 Å². The van der Waals surface area contributed by atoms with Gasteiger partial charge in [-0.3, -0.25) is 24.3 Å². The summed E-state index contributed by atoms with van der Waals surface area (Å²) in [5.41, 5.74) is -1.57. The van der Waals surface area contributed by atoms with Crippen LogP contribution in [-0.4, -0.2) is 77.6 Å². The summed E-state index contributed by atoms with van der Waals surface area (Å²) in [6, 6.07) is 14.8. The second kappa shape index (κ2) is 16.2. The molecule has 1 fully saturated rings. The van der Waals surface area contributed by atoms with E-state index in [1.807, 2.05) is 0 Å². The molecule has 1 aliphatic heterocycles. The lowest BCUT2D eigenvalue weighted by Gasteiger charge is -2.43. The van der Waals surface area contributed by atoms with E-state index in [-0.39, 0.29) is 17.9 Å². The van der Waals surface area contributed by atoms with Crippen molar-refractivity contribution in [3.05, 3.63) is 77.0 Å². The van der Waals surface area contributed by atoms with Gasteiger partial charge in [0.05, 0.1) is 0 Å². The number of esters is 4. The smallest absolute Gasteiger partial charge is 0.459 e. The molecule has 0 saturated carbocycles. The monoisotopic (exact) mass is 728 g/mol. The molecule has 0 unspecified atom stereocenters. The summed E-state index contributed by atoms with van der Waals surface area (Å²) in [5.74, 6) is -9.90. The zero-order valence-electron chi connectivity index (χ0n) is 27.5. The Hall–Kier alpha value is -5.26. The molecule has 0 aliphatic carbocycles. The van der Waals surface area contributed by atoms with Gasteiger partial charge < -0.3 is 33.2 Å². The van der Waals surface area contributed by atoms with Gasteiger partial charge in [-0.25, -0.2) is 0 Å². The number of rotatable bonds is 13. The van der Waals surface area contributed by atoms with Crippen molar-refractivity contribution in [3.8, 4) is 11.6 Å². The van der Waals surface area contributed by atoms with Gasteiger partial charge in [0.2, 0.25) is 18.3 Å². The van der Waals surface area contributed by atoms with Crippen molar-refractivity contribution in [2.45, 2.75) is 83.5 Å². The van der Waals surface area contributed by atoms with Crippen LogP contribution in [0.5, 0.6) is 11.6 Å². The van der Waals surface area contributed by atoms with Gasteiger partial charge in [-0.1, -0.05) is 48.5 Å². The van der Waals surface area contributed by atoms with Gasteiger partial charge in [-0.05, 0) is 17.2 Å². The van der Waals surface area contributed by atoms with Gasteiger partial charge in [0.25, 0.3) is 0 Å². The number of aromatic nitrogens is 2. The second-order valence-electron chi connectivity index (χ2n) is 11.2. The van der Waals surface area contributed by atoms with Crippen LogP contribution in [0.1, 0.15) is 50.1 Å². The molecule has 2 aromatic carbocycles. The minimum Gasteiger partial charge on any atom is -0.489 e. The number of nitrogens with zero attached hydrogens (tertiary/aromatic N) is 1. The molecule has 5 atom stereocenters. The van der Waals surface area contributed by atoms with Gasteiger partial charge in [0.15, 0.2) is 12.2 Å². The van der Waals surface area contributed by atoms with Crippen LogP contribution in [0.25, 0.3) is 0 Å². The third-order valence-electron chi connectivity index (χ3n) is 7.25. The fourth-order valence-corrected chi connectivity index (χ4v) is 5.12. The lowest BCUT2D eigenvalue weighted by Crippen LogP contribution is -2.63. The fraction of sp³-hybridized carbons (Fsp3) is 0.424. The summed E-state index contributed by atoms with van der Waals surface area (Å²) >= 11 is 0. The number of carbonyl (C=O) groups excluding carboxylic acids is 4. The number of alkyl halides is 5. The fourth-order valence-electron chi connectivity index (χ4n) is 5.12. The second-order valence-corrected chi connectivity index (χ2v) is 11.2. The number of nitrogens with one attached hydrogen (secondary N) is 1. The molecule has 1 N–H and O–H groups in total. The molecular weight excluding hydrogens is 695 g/mol. The van der Waals surface area contributed by atoms with Crippen LogP contribution >= 0.6 is 0 Å². The van der Waals surface area contributed by atoms with E-state index in [0.717, 1.165) is 33.3 Å². The molecule has 3 aromatic rings. The number of benzene rings is 2. The van der Waals surface area contributed by atoms with Gasteiger partial charge in [-0.2, -0.15) is 22.0 Å². The van der Waals surface area contributed by atoms with Crippen LogP contribution < -0.4 is 9.47 Å². The molecule has 18 heteroatoms. The maximum Gasteiger partial charge on any atom is 0.459 e. The summed E-state index contributed by atoms with van der Waals surface area (Å²) in [4.78, 5) is 48.1. The third kappa shape index (κ3) is 9.71. The zero-order valence-corrected chi connectivity index (χ0v) is 27.5. The molecule has 13 nitrogen and oxygen atoms in total. The van der Waals surface area contributed by atoms with E-state index >= 15 is 8.78 Å². The summed E-state index contributed by atoms with van der Waals surface area (Å²) in [6.45, 7) is 3.33. The molecule has 0 spiro atoms. The highest BCUT2D eigenvalue weighted by molar-refractivity contribution is 5.68. The van der Waals surface area contributed by atoms with Gasteiger partial charge in [-0.15, -0.1) is 5.10 Å². The average Bonchev–Trinajstić information content (AvgIpc) is 3.44. The highest BCUT2D eigenvalue weighted by Crippen LogP contribution is 2.47. The molecule has 0 radical (unpaired) electrons. The highest BCUT2D eigenvalue weighted by atomic mass is 19.4. The topological polar surface area (TPSA) is 162 Å². The average molecular weight is 729 g/mol. The number of ether oxygens (including phenoxy) is 7. The SMILES string of the molecule is CC(=O)OC[C@H]1O[C@@H](Oc2n[nH]c(C(F)(F)C(F)(F)F)c2Cc2ccccc2OCc2ccccc2)[C@H](OC(C)=O)[C@@H](OC(C)=O)[C@@H]1OC(C)=O. The number of halogens is 5. The first-order chi connectivity index (χ1) is 24.0. The Morgan fingerprint density at radius 3 is 1.98 bits per heavy atom. The van der Waals surface area contributed by atoms with Crippen LogP contribution in [0, 0.1) is 0 Å². The molecule has 1 aromatic heterocycles. The van der Waals surface area contributed by atoms with Crippen molar-refractivity contribution in [1.82, 2.24) is 10.2 Å². The van der Waals surface area contributed by atoms with Crippen molar-refractivity contribution in [3.63, 3.8) is 0 Å². The quantitative estimate of drug-likeness (QED) is 0.147. The number of aromatic amines is 1.